The quantitative estimate of drug-likeness (QED) is 0.566. The van der Waals surface area contributed by atoms with Gasteiger partial charge in [-0.1, -0.05) is 42.1 Å². The molecule has 0 spiro atoms. The van der Waals surface area contributed by atoms with Crippen LogP contribution in [0.1, 0.15) is 35.0 Å². The third kappa shape index (κ3) is 5.29. The van der Waals surface area contributed by atoms with E-state index >= 15 is 0 Å². The first-order valence-corrected chi connectivity index (χ1v) is 10.0. The van der Waals surface area contributed by atoms with Crippen molar-refractivity contribution in [2.75, 3.05) is 0 Å². The molecule has 1 fully saturated rings. The summed E-state index contributed by atoms with van der Waals surface area (Å²) >= 11 is 1.20. The highest BCUT2D eigenvalue weighted by Gasteiger charge is 2.30. The smallest absolute Gasteiger partial charge is 0.238 e. The number of hydrogen-bond acceptors (Lipinski definition) is 4. The van der Waals surface area contributed by atoms with Gasteiger partial charge in [0.15, 0.2) is 0 Å². The summed E-state index contributed by atoms with van der Waals surface area (Å²) < 4.78 is 26.3. The number of benzene rings is 2. The molecule has 5 nitrogen and oxygen atoms in total. The molecule has 148 valence electrons. The fraction of sp³-hybridized carbons (Fsp3) is 0.190. The molecule has 8 heteroatoms. The molecule has 4 rings (SSSR count). The molecule has 1 heterocycles. The molecule has 1 aliphatic carbocycles. The summed E-state index contributed by atoms with van der Waals surface area (Å²) in [5.74, 6) is -0.280. The zero-order valence-corrected chi connectivity index (χ0v) is 16.1. The van der Waals surface area contributed by atoms with Gasteiger partial charge < -0.3 is 5.32 Å². The monoisotopic (exact) mass is 412 g/mol. The first-order valence-electron chi connectivity index (χ1n) is 9.15. The lowest BCUT2D eigenvalue weighted by Gasteiger charge is -2.15. The number of carbonyl (C=O) groups excluding carboxylic acids is 1. The number of hydrogen-bond donors (Lipinski definition) is 2. The Bertz CT molecular complexity index is 1010. The second-order valence-electron chi connectivity index (χ2n) is 6.72. The van der Waals surface area contributed by atoms with Gasteiger partial charge in [-0.25, -0.2) is 13.8 Å². The number of nitrogens with one attached hydrogen (secondary N) is 2. The van der Waals surface area contributed by atoms with Crippen molar-refractivity contribution in [3.8, 4) is 0 Å². The fourth-order valence-electron chi connectivity index (χ4n) is 2.65. The van der Waals surface area contributed by atoms with Crippen molar-refractivity contribution in [2.24, 2.45) is 0 Å². The zero-order valence-electron chi connectivity index (χ0n) is 15.3. The number of nitrogens with zero attached hydrogens (tertiary/aromatic N) is 2. The molecule has 2 aromatic carbocycles. The molecule has 1 aromatic heterocycles. The Balaban J connectivity index is 1.49. The van der Waals surface area contributed by atoms with Crippen LogP contribution >= 0.6 is 11.8 Å². The Kier molecular flexibility index (Phi) is 5.71. The average molecular weight is 412 g/mol. The van der Waals surface area contributed by atoms with E-state index in [1.807, 2.05) is 0 Å². The first-order chi connectivity index (χ1) is 14.1. The molecule has 29 heavy (non-hydrogen) atoms. The third-order valence-corrected chi connectivity index (χ3v) is 5.46. The maximum Gasteiger partial charge on any atom is 0.238 e. The van der Waals surface area contributed by atoms with Crippen molar-refractivity contribution in [1.82, 2.24) is 20.5 Å². The van der Waals surface area contributed by atoms with Crippen molar-refractivity contribution < 1.29 is 13.6 Å². The van der Waals surface area contributed by atoms with Crippen molar-refractivity contribution in [1.29, 1.82) is 0 Å². The summed E-state index contributed by atoms with van der Waals surface area (Å²) in [5, 5.41) is 9.78. The van der Waals surface area contributed by atoms with Crippen LogP contribution in [-0.4, -0.2) is 27.1 Å². The maximum atomic E-state index is 13.3. The average Bonchev–Trinajstić information content (AvgIpc) is 3.42. The normalized spacial score (nSPS) is 14.8. The molecule has 1 unspecified atom stereocenters. The predicted molar refractivity (Wildman–Crippen MR) is 108 cm³/mol. The Morgan fingerprint density at radius 2 is 1.72 bits per heavy atom. The van der Waals surface area contributed by atoms with Gasteiger partial charge in [0.2, 0.25) is 11.1 Å². The summed E-state index contributed by atoms with van der Waals surface area (Å²) in [6, 6.07) is 12.2. The highest BCUT2D eigenvalue weighted by Crippen LogP contribution is 2.35. The number of carbonyl (C=O) groups is 1. The number of amides is 1. The number of halogens is 2. The van der Waals surface area contributed by atoms with Crippen LogP contribution in [0.15, 0.2) is 53.7 Å². The van der Waals surface area contributed by atoms with E-state index in [9.17, 15) is 13.6 Å². The first kappa shape index (κ1) is 19.3. The van der Waals surface area contributed by atoms with E-state index in [1.54, 1.807) is 36.4 Å². The molecule has 0 bridgehead atoms. The molecule has 1 amide bonds. The molecule has 1 aliphatic rings. The highest BCUT2D eigenvalue weighted by atomic mass is 32.2. The van der Waals surface area contributed by atoms with E-state index in [0.717, 1.165) is 18.4 Å². The highest BCUT2D eigenvalue weighted by molar-refractivity contribution is 8.00. The third-order valence-electron chi connectivity index (χ3n) is 4.34. The predicted octanol–water partition coefficient (Wildman–Crippen LogP) is 4.37. The van der Waals surface area contributed by atoms with Crippen molar-refractivity contribution in [3.05, 3.63) is 77.1 Å². The van der Waals surface area contributed by atoms with Crippen LogP contribution in [0.2, 0.25) is 0 Å². The van der Waals surface area contributed by atoms with Gasteiger partial charge in [0.25, 0.3) is 0 Å². The van der Waals surface area contributed by atoms with Crippen LogP contribution in [0.5, 0.6) is 0 Å². The topological polar surface area (TPSA) is 70.7 Å². The van der Waals surface area contributed by atoms with Crippen LogP contribution in [0.4, 0.5) is 8.78 Å². The number of aromatic amines is 1. The lowest BCUT2D eigenvalue weighted by Crippen LogP contribution is -2.29. The van der Waals surface area contributed by atoms with Gasteiger partial charge >= 0.3 is 0 Å². The Morgan fingerprint density at radius 1 is 1.07 bits per heavy atom. The van der Waals surface area contributed by atoms with E-state index in [4.69, 9.17) is 0 Å². The van der Waals surface area contributed by atoms with E-state index in [2.05, 4.69) is 20.5 Å². The summed E-state index contributed by atoms with van der Waals surface area (Å²) in [5.41, 5.74) is 1.51. The Labute approximate surface area is 170 Å². The molecule has 1 saturated carbocycles. The Morgan fingerprint density at radius 3 is 2.38 bits per heavy atom. The summed E-state index contributed by atoms with van der Waals surface area (Å²) in [6.45, 7) is 0. The summed E-state index contributed by atoms with van der Waals surface area (Å²) in [4.78, 5) is 17.1. The minimum atomic E-state index is -0.582. The second-order valence-corrected chi connectivity index (χ2v) is 7.79. The molecule has 2 N–H and O–H groups in total. The molecule has 0 saturated heterocycles. The SMILES string of the molecule is O=C(NC1CC1)C(Sc1n[nH]c(/C=C/c2ccc(F)cc2)n1)c1ccc(F)cc1. The standard InChI is InChI=1S/C21H18F2N4OS/c22-15-6-1-13(2-7-15)3-12-18-25-21(27-26-18)29-19(20(28)24-17-10-11-17)14-4-8-16(23)9-5-14/h1-9,12,17,19H,10-11H2,(H,24,28)(H,25,26,27)/b12-3+. The maximum absolute atomic E-state index is 13.3. The summed E-state index contributed by atoms with van der Waals surface area (Å²) in [6.07, 6.45) is 5.46. The Hall–Kier alpha value is -3.00. The van der Waals surface area contributed by atoms with Crippen LogP contribution in [0.25, 0.3) is 12.2 Å². The molecular weight excluding hydrogens is 394 g/mol. The molecule has 1 atom stereocenters. The number of rotatable bonds is 7. The van der Waals surface area contributed by atoms with E-state index in [1.165, 1.54) is 36.0 Å². The second kappa shape index (κ2) is 8.57. The zero-order chi connectivity index (χ0) is 20.2. The van der Waals surface area contributed by atoms with Gasteiger partial charge in [0, 0.05) is 6.04 Å². The van der Waals surface area contributed by atoms with Crippen molar-refractivity contribution in [2.45, 2.75) is 29.3 Å². The summed E-state index contributed by atoms with van der Waals surface area (Å²) in [7, 11) is 0. The fourth-order valence-corrected chi connectivity index (χ4v) is 3.58. The van der Waals surface area contributed by atoms with Gasteiger partial charge in [-0.05, 0) is 54.3 Å². The van der Waals surface area contributed by atoms with Gasteiger partial charge in [-0.3, -0.25) is 9.89 Å². The van der Waals surface area contributed by atoms with Crippen LogP contribution in [0, 0.1) is 11.6 Å². The van der Waals surface area contributed by atoms with E-state index in [-0.39, 0.29) is 23.6 Å². The lowest BCUT2D eigenvalue weighted by molar-refractivity contribution is -0.120. The number of aromatic nitrogens is 3. The minimum Gasteiger partial charge on any atom is -0.352 e. The van der Waals surface area contributed by atoms with Crippen molar-refractivity contribution in [3.63, 3.8) is 0 Å². The van der Waals surface area contributed by atoms with Crippen LogP contribution < -0.4 is 5.32 Å². The van der Waals surface area contributed by atoms with Crippen LogP contribution in [-0.2, 0) is 4.79 Å². The lowest BCUT2D eigenvalue weighted by atomic mass is 10.1. The van der Waals surface area contributed by atoms with Crippen LogP contribution in [0.3, 0.4) is 0 Å². The number of H-pyrrole nitrogens is 1. The molecule has 3 aromatic rings. The largest absolute Gasteiger partial charge is 0.352 e. The van der Waals surface area contributed by atoms with Gasteiger partial charge in [-0.15, -0.1) is 5.10 Å². The minimum absolute atomic E-state index is 0.141. The molecular formula is C21H18F2N4OS. The van der Waals surface area contributed by atoms with Gasteiger partial charge in [0.1, 0.15) is 22.7 Å². The number of thioether (sulfide) groups is 1. The van der Waals surface area contributed by atoms with E-state index < -0.39 is 5.25 Å². The molecule has 0 aliphatic heterocycles. The van der Waals surface area contributed by atoms with Gasteiger partial charge in [-0.2, -0.15) is 0 Å². The van der Waals surface area contributed by atoms with Crippen molar-refractivity contribution >= 4 is 29.8 Å². The molecule has 0 radical (unpaired) electrons. The van der Waals surface area contributed by atoms with E-state index in [0.29, 0.717) is 16.5 Å². The van der Waals surface area contributed by atoms with Gasteiger partial charge in [0.05, 0.1) is 0 Å².